The Bertz CT molecular complexity index is 1770. The van der Waals surface area contributed by atoms with Gasteiger partial charge in [0.05, 0.1) is 31.1 Å². The van der Waals surface area contributed by atoms with E-state index in [0.29, 0.717) is 36.6 Å². The van der Waals surface area contributed by atoms with Crippen molar-refractivity contribution >= 4 is 41.1 Å². The number of nitrogens with one attached hydrogen (secondary N) is 1. The Balaban J connectivity index is 1.41. The molecule has 0 bridgehead atoms. The van der Waals surface area contributed by atoms with Gasteiger partial charge in [-0.1, -0.05) is 29.8 Å². The number of hydrogen-bond acceptors (Lipinski definition) is 9. The number of likely N-dealkylation sites (tertiary alicyclic amines) is 1. The first kappa shape index (κ1) is 34.8. The summed E-state index contributed by atoms with van der Waals surface area (Å²) in [5, 5.41) is 18.7. The van der Waals surface area contributed by atoms with Crippen LogP contribution in [0.25, 0.3) is 16.9 Å². The van der Waals surface area contributed by atoms with Gasteiger partial charge in [-0.2, -0.15) is 9.61 Å². The molecule has 1 aromatic carbocycles. The summed E-state index contributed by atoms with van der Waals surface area (Å²) < 4.78 is 28.2. The van der Waals surface area contributed by atoms with Gasteiger partial charge in [0.15, 0.2) is 5.65 Å². The highest BCUT2D eigenvalue weighted by Crippen LogP contribution is 2.30. The van der Waals surface area contributed by atoms with E-state index < -0.39 is 35.3 Å². The Hall–Kier alpha value is -4.49. The number of carbonyl (C=O) groups excluding carboxylic acids is 2. The summed E-state index contributed by atoms with van der Waals surface area (Å²) in [5.74, 6) is -0.155. The van der Waals surface area contributed by atoms with Gasteiger partial charge in [-0.05, 0) is 66.2 Å². The summed E-state index contributed by atoms with van der Waals surface area (Å²) in [4.78, 5) is 37.9. The Labute approximate surface area is 283 Å². The van der Waals surface area contributed by atoms with Crippen molar-refractivity contribution in [1.82, 2.24) is 24.5 Å². The number of carbonyl (C=O) groups is 2. The minimum atomic E-state index is -0.851. The van der Waals surface area contributed by atoms with Crippen LogP contribution < -0.4 is 10.2 Å². The summed E-state index contributed by atoms with van der Waals surface area (Å²) in [5.41, 5.74) is 0.214. The molecule has 0 aliphatic carbocycles. The number of aliphatic hydroxyl groups excluding tert-OH is 1. The van der Waals surface area contributed by atoms with Crippen LogP contribution in [0.5, 0.6) is 0 Å². The van der Waals surface area contributed by atoms with Crippen molar-refractivity contribution < 1.29 is 28.6 Å². The summed E-state index contributed by atoms with van der Waals surface area (Å²) in [7, 11) is 0. The van der Waals surface area contributed by atoms with Gasteiger partial charge in [-0.25, -0.2) is 19.0 Å². The lowest BCUT2D eigenvalue weighted by Crippen LogP contribution is -2.49. The molecule has 2 atom stereocenters. The van der Waals surface area contributed by atoms with Gasteiger partial charge in [-0.3, -0.25) is 9.88 Å². The van der Waals surface area contributed by atoms with Gasteiger partial charge in [0.1, 0.15) is 33.7 Å². The fourth-order valence-electron chi connectivity index (χ4n) is 5.24. The van der Waals surface area contributed by atoms with Crippen LogP contribution in [0.4, 0.5) is 25.6 Å². The zero-order valence-electron chi connectivity index (χ0n) is 27.9. The highest BCUT2D eigenvalue weighted by Gasteiger charge is 2.33. The van der Waals surface area contributed by atoms with E-state index in [2.05, 4.69) is 20.4 Å². The lowest BCUT2D eigenvalue weighted by Gasteiger charge is -2.36. The van der Waals surface area contributed by atoms with Gasteiger partial charge < -0.3 is 24.8 Å². The second-order valence-electron chi connectivity index (χ2n) is 13.7. The fraction of sp³-hybridized carbons (Fsp3) is 0.441. The molecular formula is C34H41ClFN7O5. The Kier molecular flexibility index (Phi) is 10.1. The van der Waals surface area contributed by atoms with Gasteiger partial charge in [0.25, 0.3) is 0 Å². The molecule has 0 saturated carbocycles. The monoisotopic (exact) mass is 681 g/mol. The summed E-state index contributed by atoms with van der Waals surface area (Å²) in [6.07, 6.45) is 1.55. The molecule has 1 aliphatic rings. The van der Waals surface area contributed by atoms with Crippen LogP contribution in [-0.4, -0.2) is 78.7 Å². The maximum Gasteiger partial charge on any atom is 0.416 e. The number of hydrogen-bond donors (Lipinski definition) is 2. The molecule has 1 fully saturated rings. The number of aromatic nitrogens is 4. The molecule has 1 aliphatic heterocycles. The molecule has 2 amide bonds. The highest BCUT2D eigenvalue weighted by atomic mass is 35.5. The van der Waals surface area contributed by atoms with E-state index in [0.717, 1.165) is 0 Å². The van der Waals surface area contributed by atoms with Crippen LogP contribution in [0.3, 0.4) is 0 Å². The molecule has 4 aromatic rings. The van der Waals surface area contributed by atoms with E-state index in [1.54, 1.807) is 78.1 Å². The van der Waals surface area contributed by atoms with Crippen LogP contribution >= 0.6 is 11.6 Å². The topological polar surface area (TPSA) is 134 Å². The number of β-amino-alcohol motifs (C(OH)–C–C–N with tert-alkyl or cyclic N) is 1. The van der Waals surface area contributed by atoms with E-state index in [-0.39, 0.29) is 41.1 Å². The molecule has 1 saturated heterocycles. The van der Waals surface area contributed by atoms with Gasteiger partial charge in [-0.15, -0.1) is 0 Å². The number of anilines is 2. The van der Waals surface area contributed by atoms with Gasteiger partial charge in [0, 0.05) is 42.4 Å². The Morgan fingerprint density at radius 1 is 1.10 bits per heavy atom. The van der Waals surface area contributed by atoms with E-state index in [9.17, 15) is 14.7 Å². The van der Waals surface area contributed by atoms with Crippen molar-refractivity contribution in [3.63, 3.8) is 0 Å². The first-order valence-corrected chi connectivity index (χ1v) is 16.1. The van der Waals surface area contributed by atoms with Crippen molar-refractivity contribution in [2.45, 2.75) is 71.8 Å². The number of aliphatic hydroxyl groups is 1. The van der Waals surface area contributed by atoms with E-state index in [1.165, 1.54) is 26.6 Å². The normalized spacial score (nSPS) is 16.9. The standard InChI is InChI=1S/C34H41ClFN7O5/c1-33(2,3)47-31(45)41-14-12-22(27(44)20-41)17-38-28-16-29(43-30(40-28)24(35)18-39-43)42(32(46)48-34(4,5)6)19-23-11-10-21(15-25(23)36)26-9-7-8-13-37-26/h7-11,13,15-16,18,22,27,44H,12,14,17,19-20H2,1-6H3,(H,38,40)/t22-,27+/m1/s1. The summed E-state index contributed by atoms with van der Waals surface area (Å²) in [6, 6.07) is 11.7. The number of rotatable bonds is 7. The van der Waals surface area contributed by atoms with E-state index in [4.69, 9.17) is 21.1 Å². The van der Waals surface area contributed by atoms with Crippen LogP contribution in [0.1, 0.15) is 53.5 Å². The Morgan fingerprint density at radius 2 is 1.85 bits per heavy atom. The van der Waals surface area contributed by atoms with Crippen LogP contribution in [0, 0.1) is 11.7 Å². The highest BCUT2D eigenvalue weighted by molar-refractivity contribution is 6.33. The molecule has 4 heterocycles. The minimum Gasteiger partial charge on any atom is -0.444 e. The average Bonchev–Trinajstić information content (AvgIpc) is 3.38. The Morgan fingerprint density at radius 3 is 2.50 bits per heavy atom. The van der Waals surface area contributed by atoms with Crippen molar-refractivity contribution in [3.05, 3.63) is 71.3 Å². The summed E-state index contributed by atoms with van der Waals surface area (Å²) >= 11 is 6.47. The van der Waals surface area contributed by atoms with E-state index in [1.807, 2.05) is 6.07 Å². The van der Waals surface area contributed by atoms with Crippen LogP contribution in [-0.2, 0) is 16.0 Å². The third-order valence-corrected chi connectivity index (χ3v) is 7.83. The van der Waals surface area contributed by atoms with Gasteiger partial charge >= 0.3 is 12.2 Å². The maximum atomic E-state index is 15.6. The first-order chi connectivity index (χ1) is 22.6. The lowest BCUT2D eigenvalue weighted by molar-refractivity contribution is -0.0104. The third-order valence-electron chi connectivity index (χ3n) is 7.56. The van der Waals surface area contributed by atoms with Crippen LogP contribution in [0.2, 0.25) is 5.02 Å². The largest absolute Gasteiger partial charge is 0.444 e. The van der Waals surface area contributed by atoms with Gasteiger partial charge in [0.2, 0.25) is 0 Å². The SMILES string of the molecule is CC(C)(C)OC(=O)N1CC[C@H](CNc2cc(N(Cc3ccc(-c4ccccn4)cc3F)C(=O)OC(C)(C)C)n3ncc(Cl)c3n2)[C@@H](O)C1. The summed E-state index contributed by atoms with van der Waals surface area (Å²) in [6.45, 7) is 11.3. The second kappa shape index (κ2) is 13.9. The predicted molar refractivity (Wildman–Crippen MR) is 180 cm³/mol. The first-order valence-electron chi connectivity index (χ1n) is 15.7. The fourth-order valence-corrected chi connectivity index (χ4v) is 5.41. The van der Waals surface area contributed by atoms with Crippen molar-refractivity contribution in [3.8, 4) is 11.3 Å². The number of pyridine rings is 1. The van der Waals surface area contributed by atoms with Crippen LogP contribution in [0.15, 0.2) is 54.9 Å². The number of amides is 2. The van der Waals surface area contributed by atoms with Crippen molar-refractivity contribution in [2.75, 3.05) is 29.9 Å². The molecular weight excluding hydrogens is 641 g/mol. The molecule has 12 nitrogen and oxygen atoms in total. The lowest BCUT2D eigenvalue weighted by atomic mass is 9.94. The second-order valence-corrected chi connectivity index (χ2v) is 14.1. The maximum absolute atomic E-state index is 15.6. The minimum absolute atomic E-state index is 0.129. The zero-order valence-corrected chi connectivity index (χ0v) is 28.7. The number of nitrogens with zero attached hydrogens (tertiary/aromatic N) is 6. The molecule has 14 heteroatoms. The molecule has 0 unspecified atom stereocenters. The smallest absolute Gasteiger partial charge is 0.416 e. The van der Waals surface area contributed by atoms with Crippen molar-refractivity contribution in [2.24, 2.45) is 5.92 Å². The average molecular weight is 682 g/mol. The predicted octanol–water partition coefficient (Wildman–Crippen LogP) is 6.56. The molecule has 0 spiro atoms. The number of halogens is 2. The molecule has 2 N–H and O–H groups in total. The molecule has 5 rings (SSSR count). The number of benzene rings is 1. The number of fused-ring (bicyclic) bond motifs is 1. The molecule has 48 heavy (non-hydrogen) atoms. The number of piperidine rings is 1. The third kappa shape index (κ3) is 8.50. The quantitative estimate of drug-likeness (QED) is 0.223. The molecule has 3 aromatic heterocycles. The molecule has 256 valence electrons. The molecule has 0 radical (unpaired) electrons. The number of ether oxygens (including phenoxy) is 2. The zero-order chi connectivity index (χ0) is 34.8. The van der Waals surface area contributed by atoms with Crippen molar-refractivity contribution in [1.29, 1.82) is 0 Å². The van der Waals surface area contributed by atoms with E-state index >= 15 is 4.39 Å².